The monoisotopic (exact) mass is 383 g/mol. The van der Waals surface area contributed by atoms with Crippen molar-refractivity contribution in [3.05, 3.63) is 41.3 Å². The number of nitrogens with one attached hydrogen (secondary N) is 1. The third-order valence-electron chi connectivity index (χ3n) is 4.71. The summed E-state index contributed by atoms with van der Waals surface area (Å²) >= 11 is 0. The molecule has 0 spiro atoms. The van der Waals surface area contributed by atoms with E-state index in [4.69, 9.17) is 4.74 Å². The third-order valence-corrected chi connectivity index (χ3v) is 4.71. The molecule has 1 N–H and O–H groups in total. The van der Waals surface area contributed by atoms with Gasteiger partial charge in [0.05, 0.1) is 12.8 Å². The van der Waals surface area contributed by atoms with Gasteiger partial charge in [-0.25, -0.2) is 9.97 Å². The van der Waals surface area contributed by atoms with E-state index in [9.17, 15) is 9.59 Å². The molecular weight excluding hydrogens is 358 g/mol. The Balaban J connectivity index is 1.79. The van der Waals surface area contributed by atoms with Crippen LogP contribution in [0.1, 0.15) is 28.8 Å². The lowest BCUT2D eigenvalue weighted by Gasteiger charge is -2.35. The lowest BCUT2D eigenvalue weighted by molar-refractivity contribution is -0.129. The van der Waals surface area contributed by atoms with E-state index in [0.29, 0.717) is 55.0 Å². The largest absolute Gasteiger partial charge is 0.495 e. The number of piperazine rings is 1. The van der Waals surface area contributed by atoms with Crippen LogP contribution in [0.3, 0.4) is 0 Å². The number of carbonyl (C=O) groups is 2. The van der Waals surface area contributed by atoms with Gasteiger partial charge in [-0.2, -0.15) is 0 Å². The fraction of sp³-hybridized carbons (Fsp3) is 0.400. The van der Waals surface area contributed by atoms with E-state index in [-0.39, 0.29) is 11.8 Å². The van der Waals surface area contributed by atoms with Crippen molar-refractivity contribution in [1.29, 1.82) is 0 Å². The van der Waals surface area contributed by atoms with Crippen LogP contribution in [0.5, 0.6) is 5.75 Å². The second-order valence-corrected chi connectivity index (χ2v) is 6.81. The summed E-state index contributed by atoms with van der Waals surface area (Å²) in [7, 11) is 1.56. The predicted molar refractivity (Wildman–Crippen MR) is 107 cm³/mol. The van der Waals surface area contributed by atoms with Gasteiger partial charge in [0, 0.05) is 39.2 Å². The van der Waals surface area contributed by atoms with E-state index in [2.05, 4.69) is 20.2 Å². The van der Waals surface area contributed by atoms with E-state index in [1.54, 1.807) is 27.0 Å². The van der Waals surface area contributed by atoms with Crippen molar-refractivity contribution < 1.29 is 14.3 Å². The molecule has 3 rings (SSSR count). The molecule has 0 radical (unpaired) electrons. The number of nitrogens with zero attached hydrogens (tertiary/aromatic N) is 4. The first kappa shape index (κ1) is 19.6. The molecule has 0 unspecified atom stereocenters. The molecule has 1 aliphatic heterocycles. The summed E-state index contributed by atoms with van der Waals surface area (Å²) in [6.45, 7) is 7.90. The summed E-state index contributed by atoms with van der Waals surface area (Å²) in [5, 5.41) is 2.87. The number of benzene rings is 1. The Morgan fingerprint density at radius 3 is 2.43 bits per heavy atom. The average molecular weight is 383 g/mol. The van der Waals surface area contributed by atoms with Crippen LogP contribution in [0.2, 0.25) is 0 Å². The highest BCUT2D eigenvalue weighted by Crippen LogP contribution is 2.26. The summed E-state index contributed by atoms with van der Waals surface area (Å²) in [4.78, 5) is 36.9. The average Bonchev–Trinajstić information content (AvgIpc) is 2.67. The highest BCUT2D eigenvalue weighted by molar-refractivity contribution is 6.04. The first-order chi connectivity index (χ1) is 13.4. The molecule has 28 heavy (non-hydrogen) atoms. The Bertz CT molecular complexity index is 891. The smallest absolute Gasteiger partial charge is 0.274 e. The molecule has 0 aliphatic carbocycles. The van der Waals surface area contributed by atoms with Crippen molar-refractivity contribution in [2.45, 2.75) is 20.8 Å². The predicted octanol–water partition coefficient (Wildman–Crippen LogP) is 2.02. The minimum absolute atomic E-state index is 0.0747. The van der Waals surface area contributed by atoms with Crippen LogP contribution in [-0.4, -0.2) is 60.0 Å². The second-order valence-electron chi connectivity index (χ2n) is 6.81. The van der Waals surface area contributed by atoms with Crippen molar-refractivity contribution in [2.75, 3.05) is 43.5 Å². The van der Waals surface area contributed by atoms with Gasteiger partial charge < -0.3 is 19.9 Å². The minimum atomic E-state index is -0.321. The van der Waals surface area contributed by atoms with Crippen LogP contribution in [0.4, 0.5) is 11.5 Å². The second kappa shape index (κ2) is 8.24. The maximum atomic E-state index is 12.8. The summed E-state index contributed by atoms with van der Waals surface area (Å²) in [6.07, 6.45) is 0. The number of rotatable bonds is 4. The summed E-state index contributed by atoms with van der Waals surface area (Å²) < 4.78 is 5.32. The highest BCUT2D eigenvalue weighted by Gasteiger charge is 2.21. The standard InChI is InChI=1S/C20H25N5O3/c1-13-5-6-18(28-4)16(11-13)23-20(27)17-12-19(22-14(2)21-17)25-9-7-24(8-10-25)15(3)26/h5-6,11-12H,7-10H2,1-4H3,(H,23,27). The number of aromatic nitrogens is 2. The molecule has 0 atom stereocenters. The molecule has 1 aromatic carbocycles. The molecule has 0 bridgehead atoms. The van der Waals surface area contributed by atoms with Crippen molar-refractivity contribution in [1.82, 2.24) is 14.9 Å². The van der Waals surface area contributed by atoms with Gasteiger partial charge in [0.25, 0.3) is 5.91 Å². The van der Waals surface area contributed by atoms with Crippen LogP contribution in [0.15, 0.2) is 24.3 Å². The number of hydrogen-bond acceptors (Lipinski definition) is 6. The molecule has 1 aliphatic rings. The fourth-order valence-corrected chi connectivity index (χ4v) is 3.19. The number of methoxy groups -OCH3 is 1. The Labute approximate surface area is 164 Å². The van der Waals surface area contributed by atoms with Gasteiger partial charge in [0.1, 0.15) is 23.1 Å². The lowest BCUT2D eigenvalue weighted by atomic mass is 10.2. The van der Waals surface area contributed by atoms with Crippen LogP contribution in [0, 0.1) is 13.8 Å². The fourth-order valence-electron chi connectivity index (χ4n) is 3.19. The number of hydrogen-bond donors (Lipinski definition) is 1. The molecule has 2 aromatic rings. The Morgan fingerprint density at radius 1 is 1.07 bits per heavy atom. The van der Waals surface area contributed by atoms with Crippen molar-refractivity contribution in [3.8, 4) is 5.75 Å². The van der Waals surface area contributed by atoms with Crippen LogP contribution in [-0.2, 0) is 4.79 Å². The number of aryl methyl sites for hydroxylation is 2. The Kier molecular flexibility index (Phi) is 5.77. The van der Waals surface area contributed by atoms with E-state index < -0.39 is 0 Å². The Hall–Kier alpha value is -3.16. The topological polar surface area (TPSA) is 87.7 Å². The zero-order valence-electron chi connectivity index (χ0n) is 16.7. The zero-order chi connectivity index (χ0) is 20.3. The van der Waals surface area contributed by atoms with Crippen molar-refractivity contribution in [3.63, 3.8) is 0 Å². The molecule has 8 heteroatoms. The molecule has 1 aromatic heterocycles. The number of anilines is 2. The Morgan fingerprint density at radius 2 is 1.79 bits per heavy atom. The number of ether oxygens (including phenoxy) is 1. The molecular formula is C20H25N5O3. The molecule has 8 nitrogen and oxygen atoms in total. The maximum Gasteiger partial charge on any atom is 0.274 e. The van der Waals surface area contributed by atoms with Gasteiger partial charge in [-0.05, 0) is 31.5 Å². The lowest BCUT2D eigenvalue weighted by Crippen LogP contribution is -2.48. The number of amides is 2. The van der Waals surface area contributed by atoms with Gasteiger partial charge in [-0.3, -0.25) is 9.59 Å². The zero-order valence-corrected chi connectivity index (χ0v) is 16.7. The highest BCUT2D eigenvalue weighted by atomic mass is 16.5. The summed E-state index contributed by atoms with van der Waals surface area (Å²) in [6, 6.07) is 7.28. The molecule has 148 valence electrons. The minimum Gasteiger partial charge on any atom is -0.495 e. The van der Waals surface area contributed by atoms with Gasteiger partial charge in [0.2, 0.25) is 5.91 Å². The first-order valence-corrected chi connectivity index (χ1v) is 9.19. The normalized spacial score (nSPS) is 14.0. The first-order valence-electron chi connectivity index (χ1n) is 9.19. The molecule has 2 amide bonds. The van der Waals surface area contributed by atoms with E-state index in [1.165, 1.54) is 0 Å². The van der Waals surface area contributed by atoms with Crippen LogP contribution in [0.25, 0.3) is 0 Å². The van der Waals surface area contributed by atoms with Gasteiger partial charge in [-0.1, -0.05) is 6.07 Å². The maximum absolute atomic E-state index is 12.8. The van der Waals surface area contributed by atoms with Gasteiger partial charge in [-0.15, -0.1) is 0 Å². The van der Waals surface area contributed by atoms with Gasteiger partial charge in [0.15, 0.2) is 0 Å². The quantitative estimate of drug-likeness (QED) is 0.869. The molecule has 1 saturated heterocycles. The van der Waals surface area contributed by atoms with E-state index in [0.717, 1.165) is 5.56 Å². The number of carbonyl (C=O) groups excluding carboxylic acids is 2. The molecule has 1 fully saturated rings. The van der Waals surface area contributed by atoms with Gasteiger partial charge >= 0.3 is 0 Å². The molecule has 0 saturated carbocycles. The van der Waals surface area contributed by atoms with E-state index in [1.807, 2.05) is 30.0 Å². The molecule has 2 heterocycles. The van der Waals surface area contributed by atoms with E-state index >= 15 is 0 Å². The van der Waals surface area contributed by atoms with Crippen LogP contribution < -0.4 is 15.0 Å². The van der Waals surface area contributed by atoms with Crippen molar-refractivity contribution >= 4 is 23.3 Å². The summed E-state index contributed by atoms with van der Waals surface area (Å²) in [5.41, 5.74) is 1.90. The van der Waals surface area contributed by atoms with Crippen molar-refractivity contribution in [2.24, 2.45) is 0 Å². The van der Waals surface area contributed by atoms with Crippen LogP contribution >= 0.6 is 0 Å². The third kappa shape index (κ3) is 4.39. The SMILES string of the molecule is COc1ccc(C)cc1NC(=O)c1cc(N2CCN(C(C)=O)CC2)nc(C)n1. The summed E-state index contributed by atoms with van der Waals surface area (Å²) in [5.74, 6) is 1.55.